The summed E-state index contributed by atoms with van der Waals surface area (Å²) in [6, 6.07) is 5.90. The summed E-state index contributed by atoms with van der Waals surface area (Å²) < 4.78 is 6.54. The van der Waals surface area contributed by atoms with Gasteiger partial charge in [0.15, 0.2) is 0 Å². The molecule has 1 N–H and O–H groups in total. The summed E-state index contributed by atoms with van der Waals surface area (Å²) in [5, 5.41) is 10.2. The molecule has 1 fully saturated rings. The number of hydrogen-bond donors (Lipinski definition) is 1. The first-order chi connectivity index (χ1) is 8.70. The third kappa shape index (κ3) is 3.48. The summed E-state index contributed by atoms with van der Waals surface area (Å²) in [6.45, 7) is 2.81. The first-order valence-electron chi connectivity index (χ1n) is 6.81. The summed E-state index contributed by atoms with van der Waals surface area (Å²) in [7, 11) is 0. The van der Waals surface area contributed by atoms with E-state index in [1.165, 1.54) is 19.3 Å². The Morgan fingerprint density at radius 2 is 2.22 bits per heavy atom. The van der Waals surface area contributed by atoms with Gasteiger partial charge in [0.2, 0.25) is 0 Å². The predicted octanol–water partition coefficient (Wildman–Crippen LogP) is 4.46. The molecule has 1 saturated carbocycles. The van der Waals surface area contributed by atoms with Crippen molar-refractivity contribution in [3.8, 4) is 5.75 Å². The van der Waals surface area contributed by atoms with Gasteiger partial charge in [-0.15, -0.1) is 0 Å². The van der Waals surface area contributed by atoms with E-state index in [-0.39, 0.29) is 6.10 Å². The van der Waals surface area contributed by atoms with Crippen LogP contribution in [0.15, 0.2) is 22.7 Å². The number of ether oxygens (including phenoxy) is 1. The Hall–Kier alpha value is -0.540. The van der Waals surface area contributed by atoms with Gasteiger partial charge in [-0.25, -0.2) is 0 Å². The number of aliphatic hydroxyl groups is 1. The van der Waals surface area contributed by atoms with E-state index in [0.717, 1.165) is 41.2 Å². The molecule has 1 atom stereocenters. The van der Waals surface area contributed by atoms with Crippen LogP contribution in [0.1, 0.15) is 50.7 Å². The fourth-order valence-electron chi connectivity index (χ4n) is 2.23. The zero-order valence-corrected chi connectivity index (χ0v) is 12.4. The molecule has 1 unspecified atom stereocenters. The van der Waals surface area contributed by atoms with Gasteiger partial charge < -0.3 is 9.84 Å². The fourth-order valence-corrected chi connectivity index (χ4v) is 2.74. The van der Waals surface area contributed by atoms with Crippen molar-refractivity contribution < 1.29 is 9.84 Å². The van der Waals surface area contributed by atoms with Crippen LogP contribution in [-0.2, 0) is 0 Å². The maximum absolute atomic E-state index is 10.2. The maximum atomic E-state index is 10.2. The molecule has 2 nitrogen and oxygen atoms in total. The van der Waals surface area contributed by atoms with Gasteiger partial charge in [-0.2, -0.15) is 0 Å². The summed E-state index contributed by atoms with van der Waals surface area (Å²) in [5.41, 5.74) is 0.984. The number of hydrogen-bond acceptors (Lipinski definition) is 2. The highest BCUT2D eigenvalue weighted by atomic mass is 79.9. The lowest BCUT2D eigenvalue weighted by molar-refractivity contribution is 0.118. The van der Waals surface area contributed by atoms with E-state index in [0.29, 0.717) is 0 Å². The highest BCUT2D eigenvalue weighted by molar-refractivity contribution is 9.10. The summed E-state index contributed by atoms with van der Waals surface area (Å²) in [5.74, 6) is 1.58. The molecule has 18 heavy (non-hydrogen) atoms. The highest BCUT2D eigenvalue weighted by Crippen LogP contribution is 2.36. The number of halogens is 1. The first-order valence-corrected chi connectivity index (χ1v) is 7.60. The van der Waals surface area contributed by atoms with Crippen LogP contribution in [0.4, 0.5) is 0 Å². The minimum absolute atomic E-state index is 0.341. The lowest BCUT2D eigenvalue weighted by Gasteiger charge is -2.27. The first kappa shape index (κ1) is 13.9. The van der Waals surface area contributed by atoms with Gasteiger partial charge in [0.1, 0.15) is 5.75 Å². The number of benzene rings is 1. The number of aliphatic hydroxyl groups excluding tert-OH is 1. The van der Waals surface area contributed by atoms with Crippen molar-refractivity contribution in [1.29, 1.82) is 0 Å². The van der Waals surface area contributed by atoms with Gasteiger partial charge in [-0.1, -0.05) is 32.3 Å². The Bertz CT molecular complexity index is 388. The lowest BCUT2D eigenvalue weighted by Crippen LogP contribution is -2.14. The van der Waals surface area contributed by atoms with Gasteiger partial charge in [0.25, 0.3) is 0 Å². The molecule has 0 saturated heterocycles. The van der Waals surface area contributed by atoms with Crippen LogP contribution in [0.2, 0.25) is 0 Å². The predicted molar refractivity (Wildman–Crippen MR) is 76.8 cm³/mol. The zero-order chi connectivity index (χ0) is 13.0. The van der Waals surface area contributed by atoms with Crippen molar-refractivity contribution >= 4 is 15.9 Å². The van der Waals surface area contributed by atoms with Crippen molar-refractivity contribution in [2.45, 2.75) is 45.1 Å². The maximum Gasteiger partial charge on any atom is 0.133 e. The quantitative estimate of drug-likeness (QED) is 0.840. The average molecular weight is 313 g/mol. The monoisotopic (exact) mass is 312 g/mol. The molecular weight excluding hydrogens is 292 g/mol. The van der Waals surface area contributed by atoms with Gasteiger partial charge >= 0.3 is 0 Å². The topological polar surface area (TPSA) is 29.5 Å². The standard InChI is InChI=1S/C15H21BrO2/c1-2-8-18-15-7-6-12(10-13(15)16)14(17)9-11-4-3-5-11/h6-7,10-11,14,17H,2-5,8-9H2,1H3. The molecule has 0 heterocycles. The molecule has 100 valence electrons. The van der Waals surface area contributed by atoms with Crippen LogP contribution in [0.25, 0.3) is 0 Å². The van der Waals surface area contributed by atoms with Crippen LogP contribution in [0.3, 0.4) is 0 Å². The third-order valence-electron chi connectivity index (χ3n) is 3.58. The second-order valence-electron chi connectivity index (χ2n) is 5.09. The Morgan fingerprint density at radius 1 is 1.44 bits per heavy atom. The molecule has 0 aromatic heterocycles. The van der Waals surface area contributed by atoms with E-state index >= 15 is 0 Å². The van der Waals surface area contributed by atoms with E-state index < -0.39 is 0 Å². The highest BCUT2D eigenvalue weighted by Gasteiger charge is 2.22. The van der Waals surface area contributed by atoms with Gasteiger partial charge in [0, 0.05) is 0 Å². The molecule has 0 radical (unpaired) electrons. The van der Waals surface area contributed by atoms with E-state index in [1.807, 2.05) is 18.2 Å². The van der Waals surface area contributed by atoms with Crippen molar-refractivity contribution in [3.05, 3.63) is 28.2 Å². The Balaban J connectivity index is 1.97. The van der Waals surface area contributed by atoms with Gasteiger partial charge in [-0.3, -0.25) is 0 Å². The van der Waals surface area contributed by atoms with Crippen LogP contribution in [0.5, 0.6) is 5.75 Å². The molecule has 1 aliphatic carbocycles. The normalized spacial score (nSPS) is 17.3. The van der Waals surface area contributed by atoms with Crippen molar-refractivity contribution in [2.24, 2.45) is 5.92 Å². The van der Waals surface area contributed by atoms with E-state index in [1.54, 1.807) is 0 Å². The Morgan fingerprint density at radius 3 is 2.78 bits per heavy atom. The second kappa shape index (κ2) is 6.58. The number of rotatable bonds is 6. The fraction of sp³-hybridized carbons (Fsp3) is 0.600. The molecule has 1 aromatic rings. The van der Waals surface area contributed by atoms with Crippen LogP contribution >= 0.6 is 15.9 Å². The summed E-state index contributed by atoms with van der Waals surface area (Å²) in [6.07, 6.45) is 5.42. The summed E-state index contributed by atoms with van der Waals surface area (Å²) in [4.78, 5) is 0. The largest absolute Gasteiger partial charge is 0.492 e. The molecule has 0 bridgehead atoms. The molecule has 0 aliphatic heterocycles. The van der Waals surface area contributed by atoms with E-state index in [4.69, 9.17) is 4.74 Å². The SMILES string of the molecule is CCCOc1ccc(C(O)CC2CCC2)cc1Br. The van der Waals surface area contributed by atoms with Crippen molar-refractivity contribution in [2.75, 3.05) is 6.61 Å². The molecule has 1 aliphatic rings. The van der Waals surface area contributed by atoms with Crippen LogP contribution in [-0.4, -0.2) is 11.7 Å². The average Bonchev–Trinajstić information content (AvgIpc) is 2.32. The molecule has 0 spiro atoms. The second-order valence-corrected chi connectivity index (χ2v) is 5.94. The zero-order valence-electron chi connectivity index (χ0n) is 10.9. The van der Waals surface area contributed by atoms with E-state index in [9.17, 15) is 5.11 Å². The minimum Gasteiger partial charge on any atom is -0.492 e. The molecular formula is C15H21BrO2. The lowest BCUT2D eigenvalue weighted by atomic mass is 9.80. The Kier molecular flexibility index (Phi) is 5.07. The smallest absolute Gasteiger partial charge is 0.133 e. The Labute approximate surface area is 117 Å². The molecule has 2 rings (SSSR count). The molecule has 1 aromatic carbocycles. The molecule has 0 amide bonds. The van der Waals surface area contributed by atoms with Gasteiger partial charge in [0.05, 0.1) is 17.2 Å². The summed E-state index contributed by atoms with van der Waals surface area (Å²) >= 11 is 3.51. The van der Waals surface area contributed by atoms with Gasteiger partial charge in [-0.05, 0) is 52.4 Å². The van der Waals surface area contributed by atoms with Crippen molar-refractivity contribution in [1.82, 2.24) is 0 Å². The van der Waals surface area contributed by atoms with Crippen molar-refractivity contribution in [3.63, 3.8) is 0 Å². The van der Waals surface area contributed by atoms with Crippen LogP contribution in [0, 0.1) is 5.92 Å². The third-order valence-corrected chi connectivity index (χ3v) is 4.20. The molecule has 3 heteroatoms. The van der Waals surface area contributed by atoms with Crippen LogP contribution < -0.4 is 4.74 Å². The minimum atomic E-state index is -0.341. The van der Waals surface area contributed by atoms with E-state index in [2.05, 4.69) is 22.9 Å².